The zero-order valence-electron chi connectivity index (χ0n) is 20.3. The topological polar surface area (TPSA) is 37.6 Å². The normalized spacial score (nSPS) is 12.7. The van der Waals surface area contributed by atoms with Crippen molar-refractivity contribution in [3.05, 3.63) is 89.2 Å². The summed E-state index contributed by atoms with van der Waals surface area (Å²) in [5.41, 5.74) is 6.73. The van der Waals surface area contributed by atoms with Gasteiger partial charge in [-0.05, 0) is 46.2 Å². The van der Waals surface area contributed by atoms with Crippen LogP contribution in [0.3, 0.4) is 0 Å². The fourth-order valence-corrected chi connectivity index (χ4v) is 3.67. The van der Waals surface area contributed by atoms with Crippen LogP contribution in [-0.4, -0.2) is 17.4 Å². The van der Waals surface area contributed by atoms with Crippen LogP contribution < -0.4 is 0 Å². The summed E-state index contributed by atoms with van der Waals surface area (Å²) in [7, 11) is 0. The summed E-state index contributed by atoms with van der Waals surface area (Å²) in [6.07, 6.45) is 5.33. The second-order valence-electron chi connectivity index (χ2n) is 10.2. The molecule has 0 amide bonds. The maximum atomic E-state index is 4.79. The van der Waals surface area contributed by atoms with Crippen molar-refractivity contribution in [2.75, 3.05) is 0 Å². The van der Waals surface area contributed by atoms with Crippen LogP contribution in [0.4, 0.5) is 11.4 Å². The predicted molar refractivity (Wildman–Crippen MR) is 138 cm³/mol. The summed E-state index contributed by atoms with van der Waals surface area (Å²) in [5, 5.41) is 0. The fourth-order valence-electron chi connectivity index (χ4n) is 3.67. The van der Waals surface area contributed by atoms with Gasteiger partial charge in [-0.1, -0.05) is 84.0 Å². The number of aromatic nitrogens is 1. The van der Waals surface area contributed by atoms with Crippen LogP contribution in [0.15, 0.2) is 76.7 Å². The third-order valence-electron chi connectivity index (χ3n) is 5.35. The van der Waals surface area contributed by atoms with Gasteiger partial charge < -0.3 is 0 Å². The van der Waals surface area contributed by atoms with Gasteiger partial charge in [-0.2, -0.15) is 0 Å². The Morgan fingerprint density at radius 3 is 1.41 bits per heavy atom. The maximum absolute atomic E-state index is 4.79. The van der Waals surface area contributed by atoms with Gasteiger partial charge in [-0.25, -0.2) is 0 Å². The highest BCUT2D eigenvalue weighted by atomic mass is 14.8. The molecule has 0 aliphatic heterocycles. The minimum Gasteiger partial charge on any atom is -0.261 e. The van der Waals surface area contributed by atoms with Crippen molar-refractivity contribution in [3.63, 3.8) is 0 Å². The molecule has 3 rings (SSSR count). The third kappa shape index (κ3) is 6.46. The number of nitrogens with zero attached hydrogens (tertiary/aromatic N) is 3. The Balaban J connectivity index is 1.68. The van der Waals surface area contributed by atoms with E-state index in [0.717, 1.165) is 22.8 Å². The number of hydrogen-bond donors (Lipinski definition) is 0. The van der Waals surface area contributed by atoms with E-state index in [-0.39, 0.29) is 10.8 Å². The summed E-state index contributed by atoms with van der Waals surface area (Å²) in [4.78, 5) is 14.3. The molecule has 0 radical (unpaired) electrons. The van der Waals surface area contributed by atoms with E-state index in [1.807, 2.05) is 24.6 Å². The molecule has 0 saturated heterocycles. The van der Waals surface area contributed by atoms with E-state index in [4.69, 9.17) is 15.0 Å². The molecule has 0 saturated carbocycles. The first-order chi connectivity index (χ1) is 15.1. The SMILES string of the molecule is CC(C)(C)c1ccccc1N=CCc1cccc(CC=Nc2ccccc2C(C)(C)C)n1. The number of aliphatic imine (C=N–C) groups is 2. The lowest BCUT2D eigenvalue weighted by molar-refractivity contribution is 0.591. The molecule has 0 atom stereocenters. The maximum Gasteiger partial charge on any atom is 0.0663 e. The van der Waals surface area contributed by atoms with Crippen LogP contribution in [-0.2, 0) is 23.7 Å². The van der Waals surface area contributed by atoms with Crippen molar-refractivity contribution >= 4 is 23.8 Å². The molecule has 1 aromatic heterocycles. The van der Waals surface area contributed by atoms with Crippen molar-refractivity contribution < 1.29 is 0 Å². The van der Waals surface area contributed by atoms with Gasteiger partial charge in [-0.3, -0.25) is 15.0 Å². The van der Waals surface area contributed by atoms with Crippen LogP contribution in [0.5, 0.6) is 0 Å². The van der Waals surface area contributed by atoms with Crippen molar-refractivity contribution in [2.45, 2.75) is 65.2 Å². The van der Waals surface area contributed by atoms with Gasteiger partial charge >= 0.3 is 0 Å². The zero-order valence-corrected chi connectivity index (χ0v) is 20.3. The lowest BCUT2D eigenvalue weighted by Gasteiger charge is -2.20. The number of pyridine rings is 1. The predicted octanol–water partition coefficient (Wildman–Crippen LogP) is 7.57. The zero-order chi connectivity index (χ0) is 23.2. The van der Waals surface area contributed by atoms with Gasteiger partial charge in [0.2, 0.25) is 0 Å². The molecule has 1 heterocycles. The molecular weight excluding hydrogens is 390 g/mol. The second-order valence-corrected chi connectivity index (χ2v) is 10.2. The molecule has 166 valence electrons. The number of rotatable bonds is 6. The lowest BCUT2D eigenvalue weighted by atomic mass is 9.86. The average molecular weight is 426 g/mol. The van der Waals surface area contributed by atoms with Crippen molar-refractivity contribution in [2.24, 2.45) is 9.98 Å². The summed E-state index contributed by atoms with van der Waals surface area (Å²) >= 11 is 0. The Morgan fingerprint density at radius 1 is 0.594 bits per heavy atom. The molecule has 3 heteroatoms. The Labute approximate surface area is 193 Å². The largest absolute Gasteiger partial charge is 0.261 e. The molecule has 0 fully saturated rings. The molecule has 3 aromatic rings. The van der Waals surface area contributed by atoms with E-state index >= 15 is 0 Å². The van der Waals surface area contributed by atoms with Crippen LogP contribution in [0.2, 0.25) is 0 Å². The average Bonchev–Trinajstić information content (AvgIpc) is 2.73. The van der Waals surface area contributed by atoms with Crippen LogP contribution >= 0.6 is 0 Å². The van der Waals surface area contributed by atoms with E-state index in [1.165, 1.54) is 11.1 Å². The standard InChI is InChI=1S/C29H35N3/c1-28(2,3)24-14-7-9-16-26(24)30-20-18-22-12-11-13-23(32-22)19-21-31-27-17-10-8-15-25(27)29(4,5)6/h7-17,20-21H,18-19H2,1-6H3. The molecule has 32 heavy (non-hydrogen) atoms. The molecule has 0 spiro atoms. The van der Waals surface area contributed by atoms with Crippen LogP contribution in [0.25, 0.3) is 0 Å². The first-order valence-corrected chi connectivity index (χ1v) is 11.3. The summed E-state index contributed by atoms with van der Waals surface area (Å²) in [6, 6.07) is 22.9. The highest BCUT2D eigenvalue weighted by molar-refractivity contribution is 5.69. The van der Waals surface area contributed by atoms with Gasteiger partial charge in [0.25, 0.3) is 0 Å². The van der Waals surface area contributed by atoms with Gasteiger partial charge in [0.05, 0.1) is 11.4 Å². The Kier molecular flexibility index (Phi) is 7.40. The van der Waals surface area contributed by atoms with E-state index in [0.29, 0.717) is 12.8 Å². The Bertz CT molecular complexity index is 1010. The van der Waals surface area contributed by atoms with Gasteiger partial charge in [0.15, 0.2) is 0 Å². The van der Waals surface area contributed by atoms with Crippen molar-refractivity contribution in [3.8, 4) is 0 Å². The molecule has 0 aliphatic rings. The second kappa shape index (κ2) is 10.0. The molecule has 0 aliphatic carbocycles. The summed E-state index contributed by atoms with van der Waals surface area (Å²) in [5.74, 6) is 0. The van der Waals surface area contributed by atoms with Crippen LogP contribution in [0, 0.1) is 0 Å². The number of para-hydroxylation sites is 2. The minimum atomic E-state index is 0.0665. The first kappa shape index (κ1) is 23.6. The molecule has 3 nitrogen and oxygen atoms in total. The minimum absolute atomic E-state index is 0.0665. The Morgan fingerprint density at radius 2 is 1.00 bits per heavy atom. The summed E-state index contributed by atoms with van der Waals surface area (Å²) in [6.45, 7) is 13.3. The summed E-state index contributed by atoms with van der Waals surface area (Å²) < 4.78 is 0. The van der Waals surface area contributed by atoms with Crippen LogP contribution in [0.1, 0.15) is 64.1 Å². The smallest absolute Gasteiger partial charge is 0.0663 e. The van der Waals surface area contributed by atoms with E-state index in [2.05, 4.69) is 96.1 Å². The van der Waals surface area contributed by atoms with Crippen molar-refractivity contribution in [1.29, 1.82) is 0 Å². The molecule has 2 aromatic carbocycles. The first-order valence-electron chi connectivity index (χ1n) is 11.3. The third-order valence-corrected chi connectivity index (χ3v) is 5.35. The molecule has 0 bridgehead atoms. The van der Waals surface area contributed by atoms with E-state index in [1.54, 1.807) is 0 Å². The highest BCUT2D eigenvalue weighted by Crippen LogP contribution is 2.31. The van der Waals surface area contributed by atoms with E-state index < -0.39 is 0 Å². The van der Waals surface area contributed by atoms with Gasteiger partial charge in [-0.15, -0.1) is 0 Å². The number of benzene rings is 2. The Hall–Kier alpha value is -3.07. The highest BCUT2D eigenvalue weighted by Gasteiger charge is 2.17. The quantitative estimate of drug-likeness (QED) is 0.375. The van der Waals surface area contributed by atoms with Crippen molar-refractivity contribution in [1.82, 2.24) is 4.98 Å². The number of hydrogen-bond acceptors (Lipinski definition) is 3. The fraction of sp³-hybridized carbons (Fsp3) is 0.345. The van der Waals surface area contributed by atoms with Gasteiger partial charge in [0.1, 0.15) is 0 Å². The monoisotopic (exact) mass is 425 g/mol. The molecule has 0 unspecified atom stereocenters. The van der Waals surface area contributed by atoms with Gasteiger partial charge in [0, 0.05) is 36.7 Å². The molecule has 0 N–H and O–H groups in total. The van der Waals surface area contributed by atoms with E-state index in [9.17, 15) is 0 Å². The lowest BCUT2D eigenvalue weighted by Crippen LogP contribution is -2.11. The molecular formula is C29H35N3.